The minimum Gasteiger partial charge on any atom is -0.234 e. The lowest BCUT2D eigenvalue weighted by atomic mass is 10.0. The van der Waals surface area contributed by atoms with Crippen LogP contribution in [0.15, 0.2) is 12.4 Å². The third-order valence-electron chi connectivity index (χ3n) is 9.60. The van der Waals surface area contributed by atoms with Gasteiger partial charge in [-0.1, -0.05) is 188 Å². The van der Waals surface area contributed by atoms with Crippen LogP contribution in [0.5, 0.6) is 0 Å². The van der Waals surface area contributed by atoms with Gasteiger partial charge in [0.15, 0.2) is 0 Å². The first-order valence-electron chi connectivity index (χ1n) is 19.9. The van der Waals surface area contributed by atoms with Crippen molar-refractivity contribution < 1.29 is 4.57 Å². The van der Waals surface area contributed by atoms with Crippen molar-refractivity contribution in [2.75, 3.05) is 0 Å². The molecule has 1 aromatic rings. The Labute approximate surface area is 266 Å². The highest BCUT2D eigenvalue weighted by Crippen LogP contribution is 2.15. The zero-order valence-electron chi connectivity index (χ0n) is 29.6. The van der Waals surface area contributed by atoms with Gasteiger partial charge in [0.25, 0.3) is 5.82 Å². The van der Waals surface area contributed by atoms with E-state index >= 15 is 0 Å². The van der Waals surface area contributed by atoms with Gasteiger partial charge in [0.05, 0.1) is 13.1 Å². The normalized spacial score (nSPS) is 11.6. The SMILES string of the molecule is CCCCCCCCCCCCCCCCCC[n+]1ccn(CCCCCCCCCC)c1CCCCCCCCC. The van der Waals surface area contributed by atoms with E-state index in [4.69, 9.17) is 0 Å². The Balaban J connectivity index is 2.21. The van der Waals surface area contributed by atoms with Crippen molar-refractivity contribution in [2.45, 2.75) is 239 Å². The van der Waals surface area contributed by atoms with E-state index in [2.05, 4.69) is 42.3 Å². The summed E-state index contributed by atoms with van der Waals surface area (Å²) in [5, 5.41) is 0. The molecule has 0 unspecified atom stereocenters. The molecule has 0 fully saturated rings. The van der Waals surface area contributed by atoms with Crippen molar-refractivity contribution in [2.24, 2.45) is 0 Å². The molecule has 0 aliphatic heterocycles. The van der Waals surface area contributed by atoms with Crippen LogP contribution < -0.4 is 4.57 Å². The van der Waals surface area contributed by atoms with E-state index < -0.39 is 0 Å². The van der Waals surface area contributed by atoms with Crippen molar-refractivity contribution in [1.29, 1.82) is 0 Å². The maximum Gasteiger partial charge on any atom is 0.256 e. The Morgan fingerprint density at radius 3 is 1.14 bits per heavy atom. The van der Waals surface area contributed by atoms with E-state index in [9.17, 15) is 0 Å². The Morgan fingerprint density at radius 1 is 0.405 bits per heavy atom. The molecule has 0 aliphatic carbocycles. The standard InChI is InChI=1S/C40H79N2/c1-4-7-10-13-16-18-19-20-21-22-23-24-25-28-31-34-37-42-39-38-41(36-33-30-27-17-14-11-8-5-2)40(42)35-32-29-26-15-12-9-6-3/h38-39H,4-37H2,1-3H3/q+1. The van der Waals surface area contributed by atoms with Crippen molar-refractivity contribution >= 4 is 0 Å². The lowest BCUT2D eigenvalue weighted by molar-refractivity contribution is -0.704. The third kappa shape index (κ3) is 23.6. The molecular formula is C40H79N2+. The molecule has 0 N–H and O–H groups in total. The largest absolute Gasteiger partial charge is 0.256 e. The molecule has 0 saturated heterocycles. The van der Waals surface area contributed by atoms with Gasteiger partial charge in [-0.3, -0.25) is 0 Å². The summed E-state index contributed by atoms with van der Waals surface area (Å²) >= 11 is 0. The number of rotatable bonds is 34. The second-order valence-corrected chi connectivity index (χ2v) is 13.8. The lowest BCUT2D eigenvalue weighted by Crippen LogP contribution is -2.37. The van der Waals surface area contributed by atoms with Crippen molar-refractivity contribution in [3.63, 3.8) is 0 Å². The highest BCUT2D eigenvalue weighted by Gasteiger charge is 2.16. The molecule has 1 rings (SSSR count). The van der Waals surface area contributed by atoms with Crippen molar-refractivity contribution in [1.82, 2.24) is 4.57 Å². The van der Waals surface area contributed by atoms with Crippen LogP contribution in [0.3, 0.4) is 0 Å². The molecule has 0 amide bonds. The molecule has 1 aromatic heterocycles. The second-order valence-electron chi connectivity index (χ2n) is 13.8. The van der Waals surface area contributed by atoms with Gasteiger partial charge >= 0.3 is 0 Å². The minimum absolute atomic E-state index is 1.23. The molecule has 0 spiro atoms. The maximum absolute atomic E-state index is 2.63. The Hall–Kier alpha value is -0.790. The average molecular weight is 588 g/mol. The van der Waals surface area contributed by atoms with Crippen molar-refractivity contribution in [3.8, 4) is 0 Å². The van der Waals surface area contributed by atoms with Crippen LogP contribution >= 0.6 is 0 Å². The number of imidazole rings is 1. The van der Waals surface area contributed by atoms with E-state index in [1.165, 1.54) is 219 Å². The maximum atomic E-state index is 2.63. The zero-order valence-corrected chi connectivity index (χ0v) is 29.6. The number of hydrogen-bond donors (Lipinski definition) is 0. The third-order valence-corrected chi connectivity index (χ3v) is 9.60. The van der Waals surface area contributed by atoms with Gasteiger partial charge < -0.3 is 0 Å². The van der Waals surface area contributed by atoms with Crippen LogP contribution in [-0.2, 0) is 19.5 Å². The fraction of sp³-hybridized carbons (Fsp3) is 0.925. The van der Waals surface area contributed by atoms with Crippen LogP contribution in [0, 0.1) is 0 Å². The molecule has 0 bridgehead atoms. The van der Waals surface area contributed by atoms with Crippen LogP contribution in [0.4, 0.5) is 0 Å². The first-order valence-corrected chi connectivity index (χ1v) is 19.9. The molecule has 0 radical (unpaired) electrons. The summed E-state index contributed by atoms with van der Waals surface area (Å²) in [6.07, 6.45) is 50.4. The Kier molecular flexibility index (Phi) is 29.5. The number of aryl methyl sites for hydroxylation is 2. The summed E-state index contributed by atoms with van der Waals surface area (Å²) in [6, 6.07) is 0. The fourth-order valence-corrected chi connectivity index (χ4v) is 6.68. The highest BCUT2D eigenvalue weighted by atomic mass is 15.1. The fourth-order valence-electron chi connectivity index (χ4n) is 6.68. The summed E-state index contributed by atoms with van der Waals surface area (Å²) in [7, 11) is 0. The van der Waals surface area contributed by atoms with E-state index in [1.807, 2.05) is 0 Å². The van der Waals surface area contributed by atoms with Gasteiger partial charge in [-0.2, -0.15) is 0 Å². The molecule has 0 aliphatic rings. The summed E-state index contributed by atoms with van der Waals surface area (Å²) in [5.74, 6) is 1.62. The first-order chi connectivity index (χ1) is 20.8. The molecule has 0 saturated carbocycles. The predicted molar refractivity (Wildman–Crippen MR) is 188 cm³/mol. The van der Waals surface area contributed by atoms with Gasteiger partial charge in [0.2, 0.25) is 0 Å². The molecule has 248 valence electrons. The van der Waals surface area contributed by atoms with E-state index in [1.54, 1.807) is 5.82 Å². The van der Waals surface area contributed by atoms with Crippen LogP contribution in [0.2, 0.25) is 0 Å². The van der Waals surface area contributed by atoms with Gasteiger partial charge in [-0.15, -0.1) is 0 Å². The van der Waals surface area contributed by atoms with E-state index in [0.29, 0.717) is 0 Å². The molecule has 0 atom stereocenters. The van der Waals surface area contributed by atoms with Crippen LogP contribution in [-0.4, -0.2) is 4.57 Å². The number of nitrogens with zero attached hydrogens (tertiary/aromatic N) is 2. The number of hydrogen-bond acceptors (Lipinski definition) is 0. The Morgan fingerprint density at radius 2 is 0.738 bits per heavy atom. The second kappa shape index (κ2) is 31.6. The quantitative estimate of drug-likeness (QED) is 0.0560. The Bertz CT molecular complexity index is 648. The molecular weight excluding hydrogens is 508 g/mol. The first kappa shape index (κ1) is 39.2. The topological polar surface area (TPSA) is 8.81 Å². The minimum atomic E-state index is 1.23. The highest BCUT2D eigenvalue weighted by molar-refractivity contribution is 4.84. The number of unbranched alkanes of at least 4 members (excludes halogenated alkanes) is 28. The molecule has 2 nitrogen and oxygen atoms in total. The summed E-state index contributed by atoms with van der Waals surface area (Å²) in [6.45, 7) is 9.40. The average Bonchev–Trinajstić information content (AvgIpc) is 3.38. The molecule has 2 heteroatoms. The van der Waals surface area contributed by atoms with E-state index in [0.717, 1.165) is 0 Å². The molecule has 0 aromatic carbocycles. The van der Waals surface area contributed by atoms with Crippen LogP contribution in [0.25, 0.3) is 0 Å². The smallest absolute Gasteiger partial charge is 0.234 e. The zero-order chi connectivity index (χ0) is 30.2. The van der Waals surface area contributed by atoms with Crippen LogP contribution in [0.1, 0.15) is 226 Å². The monoisotopic (exact) mass is 588 g/mol. The molecule has 42 heavy (non-hydrogen) atoms. The summed E-state index contributed by atoms with van der Waals surface area (Å²) in [4.78, 5) is 0. The summed E-state index contributed by atoms with van der Waals surface area (Å²) < 4.78 is 5.26. The predicted octanol–water partition coefficient (Wildman–Crippen LogP) is 13.5. The van der Waals surface area contributed by atoms with Gasteiger partial charge in [-0.25, -0.2) is 9.13 Å². The lowest BCUT2D eigenvalue weighted by Gasteiger charge is -2.07. The summed E-state index contributed by atoms with van der Waals surface area (Å²) in [5.41, 5.74) is 0. The van der Waals surface area contributed by atoms with Gasteiger partial charge in [-0.05, 0) is 32.1 Å². The van der Waals surface area contributed by atoms with Gasteiger partial charge in [0.1, 0.15) is 12.4 Å². The number of aromatic nitrogens is 2. The van der Waals surface area contributed by atoms with Crippen molar-refractivity contribution in [3.05, 3.63) is 18.2 Å². The van der Waals surface area contributed by atoms with Gasteiger partial charge in [0, 0.05) is 6.42 Å². The van der Waals surface area contributed by atoms with E-state index in [-0.39, 0.29) is 0 Å². The molecule has 1 heterocycles.